The fourth-order valence-corrected chi connectivity index (χ4v) is 2.96. The van der Waals surface area contributed by atoms with E-state index in [9.17, 15) is 4.79 Å². The van der Waals surface area contributed by atoms with E-state index in [-0.39, 0.29) is 0 Å². The van der Waals surface area contributed by atoms with Crippen molar-refractivity contribution >= 4 is 21.7 Å². The average Bonchev–Trinajstić information content (AvgIpc) is 2.61. The zero-order chi connectivity index (χ0) is 13.1. The van der Waals surface area contributed by atoms with Crippen LogP contribution in [0.5, 0.6) is 0 Å². The van der Waals surface area contributed by atoms with E-state index in [2.05, 4.69) is 40.2 Å². The van der Waals surface area contributed by atoms with Crippen LogP contribution in [0, 0.1) is 5.92 Å². The highest BCUT2D eigenvalue weighted by atomic mass is 79.9. The van der Waals surface area contributed by atoms with E-state index in [1.165, 1.54) is 0 Å². The van der Waals surface area contributed by atoms with Crippen molar-refractivity contribution in [2.24, 2.45) is 5.92 Å². The van der Waals surface area contributed by atoms with Crippen LogP contribution in [0.15, 0.2) is 4.47 Å². The molecule has 5 heteroatoms. The van der Waals surface area contributed by atoms with Crippen LogP contribution < -0.4 is 5.32 Å². The summed E-state index contributed by atoms with van der Waals surface area (Å²) in [5.41, 5.74) is 2.08. The highest BCUT2D eigenvalue weighted by Crippen LogP contribution is 2.24. The lowest BCUT2D eigenvalue weighted by molar-refractivity contribution is -0.119. The average molecular weight is 314 g/mol. The Morgan fingerprint density at radius 3 is 2.72 bits per heavy atom. The molecule has 0 aliphatic carbocycles. The molecule has 0 bridgehead atoms. The summed E-state index contributed by atoms with van der Waals surface area (Å²) in [6.07, 6.45) is 2.08. The highest BCUT2D eigenvalue weighted by Gasteiger charge is 2.22. The van der Waals surface area contributed by atoms with E-state index in [1.54, 1.807) is 0 Å². The predicted octanol–water partition coefficient (Wildman–Crippen LogP) is 1.95. The lowest BCUT2D eigenvalue weighted by atomic mass is 9.95. The van der Waals surface area contributed by atoms with Crippen LogP contribution in [0.4, 0.5) is 0 Å². The van der Waals surface area contributed by atoms with Crippen molar-refractivity contribution in [2.45, 2.75) is 39.7 Å². The first-order valence-corrected chi connectivity index (χ1v) is 7.41. The SMILES string of the molecule is CCc1nn(CC)c(CC(=O)CC2CNC2)c1Br. The van der Waals surface area contributed by atoms with E-state index in [4.69, 9.17) is 0 Å². The number of aromatic nitrogens is 2. The van der Waals surface area contributed by atoms with Gasteiger partial charge in [0.05, 0.1) is 15.9 Å². The normalized spacial score (nSPS) is 15.7. The summed E-state index contributed by atoms with van der Waals surface area (Å²) in [5, 5.41) is 7.72. The van der Waals surface area contributed by atoms with Crippen LogP contribution in [0.25, 0.3) is 0 Å². The van der Waals surface area contributed by atoms with E-state index >= 15 is 0 Å². The van der Waals surface area contributed by atoms with Gasteiger partial charge in [-0.3, -0.25) is 9.48 Å². The molecule has 0 atom stereocenters. The van der Waals surface area contributed by atoms with E-state index in [0.29, 0.717) is 24.5 Å². The van der Waals surface area contributed by atoms with Crippen LogP contribution in [0.1, 0.15) is 31.7 Å². The maximum absolute atomic E-state index is 12.0. The summed E-state index contributed by atoms with van der Waals surface area (Å²) in [7, 11) is 0. The molecular weight excluding hydrogens is 294 g/mol. The largest absolute Gasteiger partial charge is 0.316 e. The monoisotopic (exact) mass is 313 g/mol. The Labute approximate surface area is 116 Å². The Bertz CT molecular complexity index is 438. The van der Waals surface area contributed by atoms with Crippen molar-refractivity contribution in [2.75, 3.05) is 13.1 Å². The van der Waals surface area contributed by atoms with Crippen LogP contribution in [0.2, 0.25) is 0 Å². The number of carbonyl (C=O) groups is 1. The minimum atomic E-state index is 0.319. The summed E-state index contributed by atoms with van der Waals surface area (Å²) >= 11 is 3.58. The summed E-state index contributed by atoms with van der Waals surface area (Å²) in [4.78, 5) is 12.0. The molecule has 1 saturated heterocycles. The van der Waals surface area contributed by atoms with Gasteiger partial charge in [-0.1, -0.05) is 6.92 Å². The number of carbonyl (C=O) groups excluding carboxylic acids is 1. The number of nitrogens with one attached hydrogen (secondary N) is 1. The predicted molar refractivity (Wildman–Crippen MR) is 74.7 cm³/mol. The number of nitrogens with zero attached hydrogens (tertiary/aromatic N) is 2. The van der Waals surface area contributed by atoms with Crippen molar-refractivity contribution in [1.29, 1.82) is 0 Å². The summed E-state index contributed by atoms with van der Waals surface area (Å²) in [5.74, 6) is 0.861. The molecule has 0 amide bonds. The van der Waals surface area contributed by atoms with Crippen molar-refractivity contribution in [3.8, 4) is 0 Å². The second-order valence-corrected chi connectivity index (χ2v) is 5.61. The standard InChI is InChI=1S/C13H20BrN3O/c1-3-11-13(14)12(17(4-2)16-11)6-10(18)5-9-7-15-8-9/h9,15H,3-8H2,1-2H3. The van der Waals surface area contributed by atoms with Crippen LogP contribution in [-0.4, -0.2) is 28.7 Å². The molecule has 1 aliphatic rings. The molecule has 0 aromatic carbocycles. The zero-order valence-electron chi connectivity index (χ0n) is 11.0. The van der Waals surface area contributed by atoms with Gasteiger partial charge in [0.1, 0.15) is 5.78 Å². The quantitative estimate of drug-likeness (QED) is 0.873. The van der Waals surface area contributed by atoms with Gasteiger partial charge in [0.2, 0.25) is 0 Å². The molecule has 0 unspecified atom stereocenters. The number of rotatable bonds is 6. The molecule has 4 nitrogen and oxygen atoms in total. The van der Waals surface area contributed by atoms with E-state index in [0.717, 1.165) is 41.9 Å². The zero-order valence-corrected chi connectivity index (χ0v) is 12.6. The molecule has 1 aromatic heterocycles. The molecule has 1 aromatic rings. The smallest absolute Gasteiger partial charge is 0.139 e. The minimum absolute atomic E-state index is 0.319. The van der Waals surface area contributed by atoms with Gasteiger partial charge in [-0.05, 0) is 48.3 Å². The number of Topliss-reactive ketones (excluding diaryl/α,β-unsaturated/α-hetero) is 1. The molecule has 18 heavy (non-hydrogen) atoms. The first kappa shape index (κ1) is 13.7. The third kappa shape index (κ3) is 2.83. The topological polar surface area (TPSA) is 46.9 Å². The maximum Gasteiger partial charge on any atom is 0.139 e. The fourth-order valence-electron chi connectivity index (χ4n) is 2.26. The fraction of sp³-hybridized carbons (Fsp3) is 0.692. The lowest BCUT2D eigenvalue weighted by Gasteiger charge is -2.26. The number of halogens is 1. The van der Waals surface area contributed by atoms with E-state index < -0.39 is 0 Å². The van der Waals surface area contributed by atoms with Gasteiger partial charge in [0, 0.05) is 19.4 Å². The van der Waals surface area contributed by atoms with Crippen molar-refractivity contribution in [3.05, 3.63) is 15.9 Å². The Kier molecular flexibility index (Phi) is 4.56. The molecule has 100 valence electrons. The molecule has 0 saturated carbocycles. The Hall–Kier alpha value is -0.680. The van der Waals surface area contributed by atoms with Gasteiger partial charge in [-0.2, -0.15) is 5.10 Å². The first-order chi connectivity index (χ1) is 8.65. The van der Waals surface area contributed by atoms with Gasteiger partial charge in [0.25, 0.3) is 0 Å². The van der Waals surface area contributed by atoms with Crippen LogP contribution in [0.3, 0.4) is 0 Å². The third-order valence-corrected chi connectivity index (χ3v) is 4.36. The maximum atomic E-state index is 12.0. The Morgan fingerprint density at radius 1 is 1.50 bits per heavy atom. The molecule has 1 aliphatic heterocycles. The van der Waals surface area contributed by atoms with Gasteiger partial charge < -0.3 is 5.32 Å². The molecule has 0 radical (unpaired) electrons. The third-order valence-electron chi connectivity index (χ3n) is 3.44. The lowest BCUT2D eigenvalue weighted by Crippen LogP contribution is -2.43. The highest BCUT2D eigenvalue weighted by molar-refractivity contribution is 9.10. The van der Waals surface area contributed by atoms with Crippen LogP contribution in [-0.2, 0) is 24.2 Å². The molecular formula is C13H20BrN3O. The van der Waals surface area contributed by atoms with Crippen molar-refractivity contribution in [1.82, 2.24) is 15.1 Å². The molecule has 2 rings (SSSR count). The molecule has 1 fully saturated rings. The minimum Gasteiger partial charge on any atom is -0.316 e. The van der Waals surface area contributed by atoms with Gasteiger partial charge in [0.15, 0.2) is 0 Å². The second-order valence-electron chi connectivity index (χ2n) is 4.82. The summed E-state index contributed by atoms with van der Waals surface area (Å²) < 4.78 is 2.96. The molecule has 2 heterocycles. The summed E-state index contributed by atoms with van der Waals surface area (Å²) in [6.45, 7) is 6.92. The number of hydrogen-bond donors (Lipinski definition) is 1. The van der Waals surface area contributed by atoms with Gasteiger partial charge in [-0.25, -0.2) is 0 Å². The van der Waals surface area contributed by atoms with Crippen molar-refractivity contribution < 1.29 is 4.79 Å². The number of hydrogen-bond acceptors (Lipinski definition) is 3. The second kappa shape index (κ2) is 5.97. The molecule has 1 N–H and O–H groups in total. The number of aryl methyl sites for hydroxylation is 2. The Morgan fingerprint density at radius 2 is 2.22 bits per heavy atom. The summed E-state index contributed by atoms with van der Waals surface area (Å²) in [6, 6.07) is 0. The first-order valence-electron chi connectivity index (χ1n) is 6.62. The van der Waals surface area contributed by atoms with Crippen molar-refractivity contribution in [3.63, 3.8) is 0 Å². The van der Waals surface area contributed by atoms with E-state index in [1.807, 2.05) is 4.68 Å². The van der Waals surface area contributed by atoms with Crippen LogP contribution >= 0.6 is 15.9 Å². The molecule has 0 spiro atoms. The Balaban J connectivity index is 2.06. The number of ketones is 1. The van der Waals surface area contributed by atoms with Gasteiger partial charge >= 0.3 is 0 Å². The van der Waals surface area contributed by atoms with Gasteiger partial charge in [-0.15, -0.1) is 0 Å².